The molecule has 0 aromatic carbocycles. The minimum atomic E-state index is -1.83. The summed E-state index contributed by atoms with van der Waals surface area (Å²) in [5, 5.41) is 34.3. The van der Waals surface area contributed by atoms with Crippen LogP contribution in [0, 0.1) is 23.7 Å². The molecule has 360 valence electrons. The summed E-state index contributed by atoms with van der Waals surface area (Å²) in [6.45, 7) is 11.9. The number of carbonyl (C=O) groups is 1. The topological polar surface area (TPSA) is 170 Å². The first-order valence-electron chi connectivity index (χ1n) is 23.9. The van der Waals surface area contributed by atoms with Crippen molar-refractivity contribution in [2.24, 2.45) is 23.7 Å². The van der Waals surface area contributed by atoms with Gasteiger partial charge in [-0.1, -0.05) is 75.6 Å². The van der Waals surface area contributed by atoms with E-state index < -0.39 is 85.0 Å². The highest BCUT2D eigenvalue weighted by Crippen LogP contribution is 2.46. The number of esters is 1. The van der Waals surface area contributed by atoms with E-state index in [-0.39, 0.29) is 43.5 Å². The van der Waals surface area contributed by atoms with Crippen LogP contribution in [0.5, 0.6) is 0 Å². The van der Waals surface area contributed by atoms with Crippen molar-refractivity contribution < 1.29 is 67.5 Å². The normalized spacial score (nSPS) is 47.1. The summed E-state index contributed by atoms with van der Waals surface area (Å²) >= 11 is 0. The van der Waals surface area contributed by atoms with Gasteiger partial charge in [-0.15, -0.1) is 0 Å². The second kappa shape index (κ2) is 22.2. The summed E-state index contributed by atoms with van der Waals surface area (Å²) in [5.41, 5.74) is 0.164. The van der Waals surface area contributed by atoms with E-state index in [0.29, 0.717) is 49.2 Å². The van der Waals surface area contributed by atoms with Gasteiger partial charge in [0.2, 0.25) is 0 Å². The van der Waals surface area contributed by atoms with Crippen LogP contribution in [0.2, 0.25) is 0 Å². The minimum absolute atomic E-state index is 0.00821. The fourth-order valence-corrected chi connectivity index (χ4v) is 11.1. The van der Waals surface area contributed by atoms with Crippen LogP contribution < -0.4 is 0 Å². The summed E-state index contributed by atoms with van der Waals surface area (Å²) in [6, 6.07) is 0. The van der Waals surface area contributed by atoms with Crippen molar-refractivity contribution >= 4 is 5.97 Å². The van der Waals surface area contributed by atoms with E-state index in [4.69, 9.17) is 47.4 Å². The van der Waals surface area contributed by atoms with Gasteiger partial charge in [0.05, 0.1) is 49.3 Å². The van der Waals surface area contributed by atoms with Crippen LogP contribution in [-0.2, 0) is 52.2 Å². The van der Waals surface area contributed by atoms with E-state index in [1.165, 1.54) is 19.3 Å². The number of aliphatic hydroxyl groups is 3. The van der Waals surface area contributed by atoms with E-state index in [1.807, 2.05) is 26.0 Å². The molecule has 2 bridgehead atoms. The lowest BCUT2D eigenvalue weighted by Gasteiger charge is -2.44. The maximum absolute atomic E-state index is 14.4. The molecule has 14 nitrogen and oxygen atoms in total. The largest absolute Gasteiger partial charge is 0.461 e. The second-order valence-electron chi connectivity index (χ2n) is 19.5. The van der Waals surface area contributed by atoms with Crippen molar-refractivity contribution in [1.82, 2.24) is 0 Å². The molecular weight excluding hydrogens is 825 g/mol. The van der Waals surface area contributed by atoms with E-state index in [9.17, 15) is 20.1 Å². The Labute approximate surface area is 380 Å². The smallest absolute Gasteiger partial charge is 0.316 e. The maximum atomic E-state index is 14.4. The third-order valence-electron chi connectivity index (χ3n) is 14.9. The molecule has 7 aliphatic rings. The predicted octanol–water partition coefficient (Wildman–Crippen LogP) is 6.16. The molecule has 0 amide bonds. The van der Waals surface area contributed by atoms with Gasteiger partial charge >= 0.3 is 5.97 Å². The van der Waals surface area contributed by atoms with Gasteiger partial charge in [0, 0.05) is 51.7 Å². The highest BCUT2D eigenvalue weighted by Gasteiger charge is 2.59. The second-order valence-corrected chi connectivity index (χ2v) is 19.5. The highest BCUT2D eigenvalue weighted by molar-refractivity contribution is 5.78. The summed E-state index contributed by atoms with van der Waals surface area (Å²) in [6.07, 6.45) is 14.0. The van der Waals surface area contributed by atoms with Crippen LogP contribution in [-0.4, -0.2) is 140 Å². The number of carbonyl (C=O) groups excluding carboxylic acids is 1. The lowest BCUT2D eigenvalue weighted by atomic mass is 9.71. The lowest BCUT2D eigenvalue weighted by Crippen LogP contribution is -2.57. The first-order chi connectivity index (χ1) is 30.7. The van der Waals surface area contributed by atoms with Crippen LogP contribution in [0.3, 0.4) is 0 Å². The van der Waals surface area contributed by atoms with Crippen molar-refractivity contribution in [3.05, 3.63) is 59.3 Å². The fourth-order valence-electron chi connectivity index (χ4n) is 11.1. The van der Waals surface area contributed by atoms with Gasteiger partial charge in [-0.25, -0.2) is 0 Å². The van der Waals surface area contributed by atoms with Gasteiger partial charge in [0.25, 0.3) is 0 Å². The number of fused-ring (bicyclic) bond motifs is 2. The van der Waals surface area contributed by atoms with Crippen molar-refractivity contribution in [2.75, 3.05) is 27.6 Å². The molecule has 4 fully saturated rings. The zero-order valence-electron chi connectivity index (χ0n) is 39.3. The Balaban J connectivity index is 1.17. The molecule has 0 aromatic heterocycles. The highest BCUT2D eigenvalue weighted by atomic mass is 16.7. The Morgan fingerprint density at radius 2 is 1.50 bits per heavy atom. The van der Waals surface area contributed by atoms with E-state index in [2.05, 4.69) is 32.1 Å². The number of rotatable bonds is 7. The number of methoxy groups -OCH3 is 2. The lowest BCUT2D eigenvalue weighted by molar-refractivity contribution is -0.318. The molecule has 0 aromatic rings. The first-order valence-corrected chi connectivity index (χ1v) is 23.9. The third-order valence-corrected chi connectivity index (χ3v) is 14.9. The van der Waals surface area contributed by atoms with Crippen LogP contribution in [0.4, 0.5) is 0 Å². The summed E-state index contributed by atoms with van der Waals surface area (Å²) in [7, 11) is 3.23. The minimum Gasteiger partial charge on any atom is -0.461 e. The molecule has 14 heteroatoms. The van der Waals surface area contributed by atoms with Gasteiger partial charge in [-0.2, -0.15) is 0 Å². The summed E-state index contributed by atoms with van der Waals surface area (Å²) < 4.78 is 63.2. The van der Waals surface area contributed by atoms with E-state index in [0.717, 1.165) is 18.4 Å². The molecule has 3 saturated heterocycles. The molecule has 2 unspecified atom stereocenters. The predicted molar refractivity (Wildman–Crippen MR) is 237 cm³/mol. The summed E-state index contributed by atoms with van der Waals surface area (Å²) in [5.74, 6) is -1.28. The van der Waals surface area contributed by atoms with Gasteiger partial charge in [-0.05, 0) is 69.6 Å². The maximum Gasteiger partial charge on any atom is 0.316 e. The molecule has 5 aliphatic heterocycles. The molecular formula is C50H76O14. The number of aliphatic hydroxyl groups excluding tert-OH is 2. The zero-order valence-corrected chi connectivity index (χ0v) is 39.3. The van der Waals surface area contributed by atoms with Gasteiger partial charge in [0.15, 0.2) is 12.6 Å². The fraction of sp³-hybridized carbons (Fsp3) is 0.780. The number of ether oxygens (including phenoxy) is 10. The van der Waals surface area contributed by atoms with Gasteiger partial charge in [0.1, 0.15) is 48.8 Å². The molecule has 2 aliphatic carbocycles. The molecule has 64 heavy (non-hydrogen) atoms. The number of allylic oxidation sites excluding steroid dienone is 2. The summed E-state index contributed by atoms with van der Waals surface area (Å²) in [4.78, 5) is 14.4. The van der Waals surface area contributed by atoms with Crippen LogP contribution in [0.1, 0.15) is 106 Å². The van der Waals surface area contributed by atoms with Crippen molar-refractivity contribution in [2.45, 2.75) is 197 Å². The van der Waals surface area contributed by atoms with E-state index in [1.54, 1.807) is 40.2 Å². The Hall–Kier alpha value is -2.31. The Kier molecular flexibility index (Phi) is 17.2. The van der Waals surface area contributed by atoms with Crippen molar-refractivity contribution in [3.63, 3.8) is 0 Å². The number of hydrogen-bond donors (Lipinski definition) is 3. The van der Waals surface area contributed by atoms with Crippen LogP contribution >= 0.6 is 0 Å². The quantitative estimate of drug-likeness (QED) is 0.196. The first kappa shape index (κ1) is 49.6. The van der Waals surface area contributed by atoms with Gasteiger partial charge < -0.3 is 62.7 Å². The number of hydrogen-bond acceptors (Lipinski definition) is 14. The Bertz CT molecular complexity index is 1700. The van der Waals surface area contributed by atoms with E-state index >= 15 is 0 Å². The van der Waals surface area contributed by atoms with Gasteiger partial charge in [-0.3, -0.25) is 4.79 Å². The molecule has 3 N–H and O–H groups in total. The average Bonchev–Trinajstić information content (AvgIpc) is 3.60. The average molecular weight is 901 g/mol. The van der Waals surface area contributed by atoms with Crippen molar-refractivity contribution in [3.8, 4) is 0 Å². The Morgan fingerprint density at radius 3 is 2.25 bits per heavy atom. The zero-order chi connectivity index (χ0) is 45.7. The monoisotopic (exact) mass is 901 g/mol. The molecule has 18 atom stereocenters. The standard InChI is InChI=1S/C50H76O14/c1-28-14-12-18-35-26-57-48-43(51)31(4)22-38(50(35,48)54)49(53)62-37-19-13-15-29(2)46(34-16-10-9-11-17-34)59-27-58-36(23-37)21-20-30(3)45(28)63-42-25-40(56-8)47(33(6)61-42)64-41-24-39(55-7)44(52)32(5)60-41/h12-15,18,20,22,28-29,32-34,36-48,51-52,54H,9-11,16-17,19,21,23-27H2,1-8H3/b14-12+,15-13-,30-20+,35-18+/t28-,29-,32-,33-,36+,37+,38-,39-,40?,41-,42-,43+,44-,45?,46-,47-,48+,50+/m0/s1. The molecule has 7 rings (SSSR count). The van der Waals surface area contributed by atoms with Crippen molar-refractivity contribution in [1.29, 1.82) is 0 Å². The molecule has 1 saturated carbocycles. The molecule has 0 radical (unpaired) electrons. The SMILES string of the molecule is COC1C[C@H](OC2/C(C)=C/C[C@@H]3C[C@@H](C/C=C\[C@H](C)[C@@H](C4CCCCC4)OCO3)OC(=O)[C@@H]3C=C(C)[C@@H](O)[C@H]4OC/C(=C\C=C\[C@@H]2C)[C@]43O)O[C@@H](C)[C@@H]1O[C@H]1C[C@H](OC)[C@@H](O)[C@H](C)O1. The Morgan fingerprint density at radius 1 is 0.781 bits per heavy atom. The van der Waals surface area contributed by atoms with Crippen LogP contribution in [0.25, 0.3) is 0 Å². The molecule has 5 heterocycles. The molecule has 0 spiro atoms. The third kappa shape index (κ3) is 11.2. The van der Waals surface area contributed by atoms with Crippen LogP contribution in [0.15, 0.2) is 59.3 Å².